The van der Waals surface area contributed by atoms with E-state index in [4.69, 9.17) is 4.74 Å². The molecule has 1 unspecified atom stereocenters. The van der Waals surface area contributed by atoms with Crippen LogP contribution in [0.1, 0.15) is 18.7 Å². The molecular formula is C18H28IN7O. The predicted molar refractivity (Wildman–Crippen MR) is 118 cm³/mol. The number of hydrogen-bond acceptors (Lipinski definition) is 5. The van der Waals surface area contributed by atoms with Crippen LogP contribution in [-0.2, 0) is 13.6 Å². The number of methoxy groups -OCH3 is 1. The highest BCUT2D eigenvalue weighted by Crippen LogP contribution is 2.24. The maximum absolute atomic E-state index is 5.35. The van der Waals surface area contributed by atoms with Gasteiger partial charge in [0.25, 0.3) is 0 Å². The number of ether oxygens (including phenoxy) is 1. The summed E-state index contributed by atoms with van der Waals surface area (Å²) < 4.78 is 7.10. The third kappa shape index (κ3) is 5.72. The van der Waals surface area contributed by atoms with Gasteiger partial charge in [-0.3, -0.25) is 9.67 Å². The molecule has 0 spiro atoms. The van der Waals surface area contributed by atoms with Gasteiger partial charge in [-0.2, -0.15) is 5.10 Å². The van der Waals surface area contributed by atoms with Gasteiger partial charge in [0.2, 0.25) is 0 Å². The molecule has 1 aromatic heterocycles. The lowest BCUT2D eigenvalue weighted by molar-refractivity contribution is 0.414. The molecule has 0 saturated carbocycles. The molecule has 1 saturated heterocycles. The fourth-order valence-electron chi connectivity index (χ4n) is 3.17. The summed E-state index contributed by atoms with van der Waals surface area (Å²) in [7, 11) is 5.37. The minimum atomic E-state index is 0. The number of aromatic nitrogens is 3. The van der Waals surface area contributed by atoms with E-state index < -0.39 is 0 Å². The summed E-state index contributed by atoms with van der Waals surface area (Å²) >= 11 is 0. The largest absolute Gasteiger partial charge is 0.497 e. The van der Waals surface area contributed by atoms with Crippen molar-refractivity contribution in [2.24, 2.45) is 12.0 Å². The minimum Gasteiger partial charge on any atom is -0.497 e. The van der Waals surface area contributed by atoms with Gasteiger partial charge < -0.3 is 20.3 Å². The molecular weight excluding hydrogens is 457 g/mol. The number of aliphatic imine (C=N–C) groups is 1. The number of aryl methyl sites for hydroxylation is 1. The van der Waals surface area contributed by atoms with Crippen molar-refractivity contribution in [2.45, 2.75) is 25.4 Å². The molecule has 0 radical (unpaired) electrons. The van der Waals surface area contributed by atoms with Crippen LogP contribution in [-0.4, -0.2) is 54.0 Å². The van der Waals surface area contributed by atoms with Gasteiger partial charge in [0.15, 0.2) is 5.96 Å². The van der Waals surface area contributed by atoms with Crippen LogP contribution < -0.4 is 20.3 Å². The number of piperidine rings is 1. The first kappa shape index (κ1) is 21.3. The van der Waals surface area contributed by atoms with Crippen LogP contribution in [0.25, 0.3) is 0 Å². The van der Waals surface area contributed by atoms with E-state index in [0.717, 1.165) is 43.5 Å². The highest BCUT2D eigenvalue weighted by Gasteiger charge is 2.21. The highest BCUT2D eigenvalue weighted by molar-refractivity contribution is 14.0. The van der Waals surface area contributed by atoms with Gasteiger partial charge in [-0.1, -0.05) is 6.07 Å². The van der Waals surface area contributed by atoms with Gasteiger partial charge >= 0.3 is 0 Å². The van der Waals surface area contributed by atoms with Gasteiger partial charge in [-0.15, -0.1) is 24.0 Å². The van der Waals surface area contributed by atoms with Crippen molar-refractivity contribution in [2.75, 3.05) is 32.1 Å². The molecule has 0 bridgehead atoms. The molecule has 1 aliphatic rings. The Morgan fingerprint density at radius 3 is 2.96 bits per heavy atom. The van der Waals surface area contributed by atoms with E-state index in [9.17, 15) is 0 Å². The Kier molecular flexibility index (Phi) is 8.14. The second-order valence-electron chi connectivity index (χ2n) is 6.36. The predicted octanol–water partition coefficient (Wildman–Crippen LogP) is 1.78. The number of nitrogens with one attached hydrogen (secondary N) is 2. The maximum Gasteiger partial charge on any atom is 0.191 e. The number of guanidine groups is 1. The van der Waals surface area contributed by atoms with Crippen LogP contribution in [0.2, 0.25) is 0 Å². The van der Waals surface area contributed by atoms with Crippen molar-refractivity contribution in [1.29, 1.82) is 0 Å². The van der Waals surface area contributed by atoms with Crippen molar-refractivity contribution in [3.8, 4) is 5.75 Å². The normalized spacial score (nSPS) is 17.2. The van der Waals surface area contributed by atoms with Gasteiger partial charge in [0.05, 0.1) is 13.7 Å². The fourth-order valence-corrected chi connectivity index (χ4v) is 3.17. The first-order valence-electron chi connectivity index (χ1n) is 8.88. The number of anilines is 1. The molecule has 1 atom stereocenters. The van der Waals surface area contributed by atoms with E-state index in [2.05, 4.69) is 42.7 Å². The summed E-state index contributed by atoms with van der Waals surface area (Å²) in [6.07, 6.45) is 3.81. The zero-order chi connectivity index (χ0) is 18.4. The number of benzene rings is 1. The van der Waals surface area contributed by atoms with Gasteiger partial charge in [0.1, 0.15) is 17.9 Å². The monoisotopic (exact) mass is 485 g/mol. The third-order valence-electron chi connectivity index (χ3n) is 4.62. The number of nitrogens with zero attached hydrogens (tertiary/aromatic N) is 5. The van der Waals surface area contributed by atoms with Crippen LogP contribution in [0.15, 0.2) is 35.6 Å². The summed E-state index contributed by atoms with van der Waals surface area (Å²) in [5, 5.41) is 10.9. The SMILES string of the molecule is CN=C(NCc1ncnn1C)NC1CCCN(c2cccc(OC)c2)C1.I. The quantitative estimate of drug-likeness (QED) is 0.382. The van der Waals surface area contributed by atoms with Crippen LogP contribution >= 0.6 is 24.0 Å². The number of rotatable bonds is 5. The first-order chi connectivity index (χ1) is 12.7. The Hall–Kier alpha value is -2.04. The molecule has 2 aromatic rings. The Morgan fingerprint density at radius 1 is 1.41 bits per heavy atom. The molecule has 1 aromatic carbocycles. The third-order valence-corrected chi connectivity index (χ3v) is 4.62. The van der Waals surface area contributed by atoms with Crippen molar-refractivity contribution < 1.29 is 4.74 Å². The molecule has 148 valence electrons. The van der Waals surface area contributed by atoms with Crippen LogP contribution in [0.5, 0.6) is 5.75 Å². The lowest BCUT2D eigenvalue weighted by Crippen LogP contribution is -2.51. The molecule has 8 nitrogen and oxygen atoms in total. The minimum absolute atomic E-state index is 0. The standard InChI is InChI=1S/C18H27N7O.HI/c1-19-18(20-11-17-21-13-22-24(17)2)23-14-6-5-9-25(12-14)15-7-4-8-16(10-15)26-3;/h4,7-8,10,13-14H,5-6,9,11-12H2,1-3H3,(H2,19,20,23);1H. The van der Waals surface area contributed by atoms with Crippen LogP contribution in [0, 0.1) is 0 Å². The molecule has 2 N–H and O–H groups in total. The molecule has 1 aliphatic heterocycles. The number of hydrogen-bond donors (Lipinski definition) is 2. The number of halogens is 1. The molecule has 2 heterocycles. The smallest absolute Gasteiger partial charge is 0.191 e. The maximum atomic E-state index is 5.35. The van der Waals surface area contributed by atoms with Crippen molar-refractivity contribution >= 4 is 35.6 Å². The second kappa shape index (κ2) is 10.3. The summed E-state index contributed by atoms with van der Waals surface area (Å²) in [5.41, 5.74) is 1.19. The average molecular weight is 485 g/mol. The van der Waals surface area contributed by atoms with E-state index in [-0.39, 0.29) is 24.0 Å². The lowest BCUT2D eigenvalue weighted by atomic mass is 10.0. The van der Waals surface area contributed by atoms with Crippen molar-refractivity contribution in [3.05, 3.63) is 36.4 Å². The summed E-state index contributed by atoms with van der Waals surface area (Å²) in [5.74, 6) is 2.54. The zero-order valence-electron chi connectivity index (χ0n) is 16.1. The van der Waals surface area contributed by atoms with E-state index in [0.29, 0.717) is 12.6 Å². The topological polar surface area (TPSA) is 79.6 Å². The van der Waals surface area contributed by atoms with Crippen molar-refractivity contribution in [3.63, 3.8) is 0 Å². The Bertz CT molecular complexity index is 749. The summed E-state index contributed by atoms with van der Waals surface area (Å²) in [4.78, 5) is 10.9. The molecule has 3 rings (SSSR count). The highest BCUT2D eigenvalue weighted by atomic mass is 127. The Labute approximate surface area is 177 Å². The lowest BCUT2D eigenvalue weighted by Gasteiger charge is -2.35. The molecule has 9 heteroatoms. The molecule has 27 heavy (non-hydrogen) atoms. The Balaban J connectivity index is 0.00000261. The van der Waals surface area contributed by atoms with E-state index in [1.165, 1.54) is 5.69 Å². The first-order valence-corrected chi connectivity index (χ1v) is 8.88. The van der Waals surface area contributed by atoms with E-state index >= 15 is 0 Å². The van der Waals surface area contributed by atoms with Crippen LogP contribution in [0.4, 0.5) is 5.69 Å². The van der Waals surface area contributed by atoms with E-state index in [1.807, 2.05) is 19.2 Å². The zero-order valence-corrected chi connectivity index (χ0v) is 18.4. The van der Waals surface area contributed by atoms with E-state index in [1.54, 1.807) is 25.2 Å². The van der Waals surface area contributed by atoms with Crippen LogP contribution in [0.3, 0.4) is 0 Å². The summed E-state index contributed by atoms with van der Waals surface area (Å²) in [6.45, 7) is 2.57. The molecule has 0 amide bonds. The fraction of sp³-hybridized carbons (Fsp3) is 0.500. The second-order valence-corrected chi connectivity index (χ2v) is 6.36. The Morgan fingerprint density at radius 2 is 2.26 bits per heavy atom. The van der Waals surface area contributed by atoms with Crippen molar-refractivity contribution in [1.82, 2.24) is 25.4 Å². The summed E-state index contributed by atoms with van der Waals surface area (Å²) in [6, 6.07) is 8.56. The van der Waals surface area contributed by atoms with Gasteiger partial charge in [-0.25, -0.2) is 4.98 Å². The van der Waals surface area contributed by atoms with Gasteiger partial charge in [0, 0.05) is 45.0 Å². The average Bonchev–Trinajstić information content (AvgIpc) is 3.10. The molecule has 0 aliphatic carbocycles. The van der Waals surface area contributed by atoms with Gasteiger partial charge in [-0.05, 0) is 25.0 Å². The molecule has 1 fully saturated rings.